The summed E-state index contributed by atoms with van der Waals surface area (Å²) in [6.45, 7) is 9.00. The zero-order valence-corrected chi connectivity index (χ0v) is 21.0. The SMILES string of the molecule is CCN1CCN(c2ccc(CNC(=O)C3CCCN(C(=O)c4cccc5ccccc45)C3)cn2)CC1. The number of hydrogen-bond acceptors (Lipinski definition) is 5. The van der Waals surface area contributed by atoms with E-state index in [0.717, 1.165) is 67.7 Å². The number of pyridine rings is 1. The number of nitrogens with one attached hydrogen (secondary N) is 1. The van der Waals surface area contributed by atoms with Crippen molar-refractivity contribution in [1.29, 1.82) is 0 Å². The van der Waals surface area contributed by atoms with Gasteiger partial charge in [0.25, 0.3) is 5.91 Å². The normalized spacial score (nSPS) is 18.9. The van der Waals surface area contributed by atoms with Crippen molar-refractivity contribution in [3.8, 4) is 0 Å². The van der Waals surface area contributed by atoms with Crippen LogP contribution in [0.4, 0.5) is 5.82 Å². The van der Waals surface area contributed by atoms with Gasteiger partial charge in [0, 0.05) is 57.6 Å². The number of piperazine rings is 1. The minimum atomic E-state index is -0.195. The smallest absolute Gasteiger partial charge is 0.254 e. The minimum Gasteiger partial charge on any atom is -0.354 e. The van der Waals surface area contributed by atoms with Crippen LogP contribution in [0.15, 0.2) is 60.8 Å². The lowest BCUT2D eigenvalue weighted by molar-refractivity contribution is -0.126. The van der Waals surface area contributed by atoms with E-state index in [2.05, 4.69) is 27.0 Å². The minimum absolute atomic E-state index is 0.00357. The highest BCUT2D eigenvalue weighted by molar-refractivity contribution is 6.07. The lowest BCUT2D eigenvalue weighted by atomic mass is 9.95. The number of hydrogen-bond donors (Lipinski definition) is 1. The molecule has 2 aliphatic rings. The number of benzene rings is 2. The van der Waals surface area contributed by atoms with E-state index in [-0.39, 0.29) is 17.7 Å². The molecular formula is C29H35N5O2. The van der Waals surface area contributed by atoms with Crippen LogP contribution in [0.5, 0.6) is 0 Å². The molecule has 0 aliphatic carbocycles. The zero-order valence-electron chi connectivity index (χ0n) is 21.0. The van der Waals surface area contributed by atoms with Crippen LogP contribution in [-0.2, 0) is 11.3 Å². The van der Waals surface area contributed by atoms with Gasteiger partial charge in [-0.1, -0.05) is 49.4 Å². The van der Waals surface area contributed by atoms with Crippen molar-refractivity contribution in [3.05, 3.63) is 71.9 Å². The number of carbonyl (C=O) groups is 2. The number of anilines is 1. The van der Waals surface area contributed by atoms with Crippen molar-refractivity contribution in [2.75, 3.05) is 50.7 Å². The Morgan fingerprint density at radius 2 is 1.78 bits per heavy atom. The van der Waals surface area contributed by atoms with Crippen LogP contribution in [0.2, 0.25) is 0 Å². The molecule has 2 aliphatic heterocycles. The van der Waals surface area contributed by atoms with Gasteiger partial charge in [-0.25, -0.2) is 4.98 Å². The Kier molecular flexibility index (Phi) is 7.47. The highest BCUT2D eigenvalue weighted by Gasteiger charge is 2.29. The summed E-state index contributed by atoms with van der Waals surface area (Å²) in [5, 5.41) is 5.08. The summed E-state index contributed by atoms with van der Waals surface area (Å²) in [4.78, 5) is 37.6. The second-order valence-electron chi connectivity index (χ2n) is 9.78. The molecule has 5 rings (SSSR count). The second-order valence-corrected chi connectivity index (χ2v) is 9.78. The van der Waals surface area contributed by atoms with Gasteiger partial charge in [0.15, 0.2) is 0 Å². The Labute approximate surface area is 213 Å². The maximum absolute atomic E-state index is 13.3. The van der Waals surface area contributed by atoms with Crippen LogP contribution < -0.4 is 10.2 Å². The van der Waals surface area contributed by atoms with Crippen LogP contribution in [0, 0.1) is 5.92 Å². The average molecular weight is 486 g/mol. The quantitative estimate of drug-likeness (QED) is 0.578. The van der Waals surface area contributed by atoms with Gasteiger partial charge in [-0.2, -0.15) is 0 Å². The summed E-state index contributed by atoms with van der Waals surface area (Å²) in [6, 6.07) is 17.9. The Balaban J connectivity index is 1.15. The highest BCUT2D eigenvalue weighted by Crippen LogP contribution is 2.24. The molecule has 2 saturated heterocycles. The molecule has 1 N–H and O–H groups in total. The molecule has 2 fully saturated rings. The fourth-order valence-corrected chi connectivity index (χ4v) is 5.29. The number of aromatic nitrogens is 1. The summed E-state index contributed by atoms with van der Waals surface area (Å²) in [5.74, 6) is 0.810. The first kappa shape index (κ1) is 24.3. The van der Waals surface area contributed by atoms with Crippen molar-refractivity contribution < 1.29 is 9.59 Å². The van der Waals surface area contributed by atoms with Gasteiger partial charge in [-0.15, -0.1) is 0 Å². The van der Waals surface area contributed by atoms with E-state index in [4.69, 9.17) is 0 Å². The predicted molar refractivity (Wildman–Crippen MR) is 143 cm³/mol. The molecular weight excluding hydrogens is 450 g/mol. The molecule has 0 bridgehead atoms. The molecule has 2 aromatic carbocycles. The maximum Gasteiger partial charge on any atom is 0.254 e. The van der Waals surface area contributed by atoms with Gasteiger partial charge in [0.1, 0.15) is 5.82 Å². The van der Waals surface area contributed by atoms with E-state index >= 15 is 0 Å². The van der Waals surface area contributed by atoms with Crippen LogP contribution in [0.3, 0.4) is 0 Å². The van der Waals surface area contributed by atoms with Crippen molar-refractivity contribution in [2.45, 2.75) is 26.3 Å². The molecule has 0 radical (unpaired) electrons. The second kappa shape index (κ2) is 11.1. The highest BCUT2D eigenvalue weighted by atomic mass is 16.2. The molecule has 7 nitrogen and oxygen atoms in total. The number of piperidine rings is 1. The molecule has 3 heterocycles. The topological polar surface area (TPSA) is 68.8 Å². The van der Waals surface area contributed by atoms with Gasteiger partial charge < -0.3 is 20.0 Å². The monoisotopic (exact) mass is 485 g/mol. The Morgan fingerprint density at radius 3 is 2.56 bits per heavy atom. The average Bonchev–Trinajstić information content (AvgIpc) is 2.95. The summed E-state index contributed by atoms with van der Waals surface area (Å²) >= 11 is 0. The fraction of sp³-hybridized carbons (Fsp3) is 0.414. The van der Waals surface area contributed by atoms with E-state index < -0.39 is 0 Å². The number of nitrogens with zero attached hydrogens (tertiary/aromatic N) is 4. The number of carbonyl (C=O) groups excluding carboxylic acids is 2. The molecule has 2 amide bonds. The van der Waals surface area contributed by atoms with E-state index in [1.807, 2.05) is 65.7 Å². The first-order valence-corrected chi connectivity index (χ1v) is 13.1. The van der Waals surface area contributed by atoms with E-state index in [1.54, 1.807) is 0 Å². The summed E-state index contributed by atoms with van der Waals surface area (Å²) < 4.78 is 0. The van der Waals surface area contributed by atoms with E-state index in [0.29, 0.717) is 25.2 Å². The van der Waals surface area contributed by atoms with Crippen molar-refractivity contribution in [3.63, 3.8) is 0 Å². The number of rotatable bonds is 6. The summed E-state index contributed by atoms with van der Waals surface area (Å²) in [6.07, 6.45) is 3.49. The molecule has 0 saturated carbocycles. The van der Waals surface area contributed by atoms with Crippen LogP contribution >= 0.6 is 0 Å². The summed E-state index contributed by atoms with van der Waals surface area (Å²) in [5.41, 5.74) is 1.69. The first-order chi connectivity index (χ1) is 17.6. The first-order valence-electron chi connectivity index (χ1n) is 13.1. The molecule has 0 spiro atoms. The van der Waals surface area contributed by atoms with Gasteiger partial charge in [-0.05, 0) is 47.9 Å². The van der Waals surface area contributed by atoms with Crippen molar-refractivity contribution in [1.82, 2.24) is 20.1 Å². The maximum atomic E-state index is 13.3. The van der Waals surface area contributed by atoms with Gasteiger partial charge in [0.05, 0.1) is 5.92 Å². The molecule has 1 aromatic heterocycles. The van der Waals surface area contributed by atoms with Gasteiger partial charge in [-0.3, -0.25) is 9.59 Å². The summed E-state index contributed by atoms with van der Waals surface area (Å²) in [7, 11) is 0. The predicted octanol–water partition coefficient (Wildman–Crippen LogP) is 3.55. The van der Waals surface area contributed by atoms with Gasteiger partial charge in [0.2, 0.25) is 5.91 Å². The van der Waals surface area contributed by atoms with Crippen molar-refractivity contribution in [2.24, 2.45) is 5.92 Å². The van der Waals surface area contributed by atoms with E-state index in [9.17, 15) is 9.59 Å². The lowest BCUT2D eigenvalue weighted by Gasteiger charge is -2.34. The molecule has 3 aromatic rings. The zero-order chi connectivity index (χ0) is 24.9. The third kappa shape index (κ3) is 5.36. The Bertz CT molecular complexity index is 1200. The lowest BCUT2D eigenvalue weighted by Crippen LogP contribution is -2.46. The fourth-order valence-electron chi connectivity index (χ4n) is 5.29. The Hall–Kier alpha value is -3.45. The van der Waals surface area contributed by atoms with E-state index in [1.165, 1.54) is 0 Å². The standard InChI is InChI=1S/C29H35N5O2/c1-2-32-15-17-33(18-16-32)27-13-12-22(19-30-27)20-31-28(35)24-9-6-14-34(21-24)29(36)26-11-5-8-23-7-3-4-10-25(23)26/h3-5,7-8,10-13,19,24H,2,6,9,14-18,20-21H2,1H3,(H,31,35). The Morgan fingerprint density at radius 1 is 0.972 bits per heavy atom. The molecule has 36 heavy (non-hydrogen) atoms. The number of amides is 2. The van der Waals surface area contributed by atoms with Crippen LogP contribution in [0.25, 0.3) is 10.8 Å². The third-order valence-corrected chi connectivity index (χ3v) is 7.52. The van der Waals surface area contributed by atoms with Crippen LogP contribution in [-0.4, -0.2) is 72.4 Å². The van der Waals surface area contributed by atoms with Crippen LogP contribution in [0.1, 0.15) is 35.7 Å². The number of likely N-dealkylation sites (tertiary alicyclic amines) is 1. The molecule has 188 valence electrons. The van der Waals surface area contributed by atoms with Crippen molar-refractivity contribution >= 4 is 28.4 Å². The molecule has 1 unspecified atom stereocenters. The largest absolute Gasteiger partial charge is 0.354 e. The van der Waals surface area contributed by atoms with Gasteiger partial charge >= 0.3 is 0 Å². The molecule has 1 atom stereocenters. The number of likely N-dealkylation sites (N-methyl/N-ethyl adjacent to an activating group) is 1. The third-order valence-electron chi connectivity index (χ3n) is 7.52. The molecule has 7 heteroatoms. The number of fused-ring (bicyclic) bond motifs is 1.